The van der Waals surface area contributed by atoms with Gasteiger partial charge < -0.3 is 15.2 Å². The second-order valence-corrected chi connectivity index (χ2v) is 7.39. The van der Waals surface area contributed by atoms with Crippen molar-refractivity contribution in [2.45, 2.75) is 30.7 Å². The van der Waals surface area contributed by atoms with E-state index in [1.54, 1.807) is 12.1 Å². The molecule has 7 nitrogen and oxygen atoms in total. The number of carbonyl (C=O) groups is 1. The molecule has 9 heteroatoms. The maximum atomic E-state index is 11.9. The lowest BCUT2D eigenvalue weighted by Gasteiger charge is -2.14. The van der Waals surface area contributed by atoms with Gasteiger partial charge in [-0.1, -0.05) is 13.3 Å². The third-order valence-electron chi connectivity index (χ3n) is 3.24. The Bertz CT molecular complexity index is 605. The van der Waals surface area contributed by atoms with Crippen LogP contribution in [-0.4, -0.2) is 57.1 Å². The van der Waals surface area contributed by atoms with Crippen molar-refractivity contribution in [1.82, 2.24) is 9.62 Å². The molecular formula is C15H25ClN2O5S. The SMILES string of the molecule is CCCC(NCCOc1ccc(S(=O)(=O)N(C)C)cc1)C(=O)O.Cl. The molecule has 1 aromatic rings. The molecule has 0 amide bonds. The molecule has 0 aliphatic carbocycles. The first-order chi connectivity index (χ1) is 10.8. The number of hydrogen-bond donors (Lipinski definition) is 2. The predicted octanol–water partition coefficient (Wildman–Crippen LogP) is 1.58. The van der Waals surface area contributed by atoms with Crippen LogP contribution in [0.1, 0.15) is 19.8 Å². The Morgan fingerprint density at radius 2 is 1.88 bits per heavy atom. The summed E-state index contributed by atoms with van der Waals surface area (Å²) < 4.78 is 30.5. The molecule has 0 aliphatic heterocycles. The van der Waals surface area contributed by atoms with E-state index in [-0.39, 0.29) is 17.3 Å². The zero-order valence-electron chi connectivity index (χ0n) is 14.1. The number of carboxylic acid groups (broad SMARTS) is 1. The van der Waals surface area contributed by atoms with Gasteiger partial charge in [-0.25, -0.2) is 12.7 Å². The number of aliphatic carboxylic acids is 1. The second kappa shape index (κ2) is 10.5. The van der Waals surface area contributed by atoms with E-state index in [1.165, 1.54) is 26.2 Å². The van der Waals surface area contributed by atoms with Gasteiger partial charge in [0.1, 0.15) is 18.4 Å². The van der Waals surface area contributed by atoms with Crippen LogP contribution < -0.4 is 10.1 Å². The number of nitrogens with zero attached hydrogens (tertiary/aromatic N) is 1. The quantitative estimate of drug-likeness (QED) is 0.598. The number of carboxylic acids is 1. The number of nitrogens with one attached hydrogen (secondary N) is 1. The fraction of sp³-hybridized carbons (Fsp3) is 0.533. The molecule has 24 heavy (non-hydrogen) atoms. The fourth-order valence-corrected chi connectivity index (χ4v) is 2.82. The highest BCUT2D eigenvalue weighted by molar-refractivity contribution is 7.89. The van der Waals surface area contributed by atoms with Crippen molar-refractivity contribution < 1.29 is 23.1 Å². The zero-order chi connectivity index (χ0) is 17.5. The van der Waals surface area contributed by atoms with Crippen molar-refractivity contribution in [2.24, 2.45) is 0 Å². The molecule has 0 saturated heterocycles. The van der Waals surface area contributed by atoms with E-state index in [2.05, 4.69) is 5.32 Å². The molecule has 0 saturated carbocycles. The van der Waals surface area contributed by atoms with Gasteiger partial charge in [0.25, 0.3) is 0 Å². The van der Waals surface area contributed by atoms with Gasteiger partial charge in [-0.15, -0.1) is 12.4 Å². The number of hydrogen-bond acceptors (Lipinski definition) is 5. The molecule has 0 bridgehead atoms. The van der Waals surface area contributed by atoms with Crippen LogP contribution in [0.5, 0.6) is 5.75 Å². The number of rotatable bonds is 10. The molecule has 1 unspecified atom stereocenters. The average Bonchev–Trinajstić information content (AvgIpc) is 2.50. The molecule has 0 aliphatic rings. The minimum Gasteiger partial charge on any atom is -0.492 e. The van der Waals surface area contributed by atoms with Crippen LogP contribution in [-0.2, 0) is 14.8 Å². The largest absolute Gasteiger partial charge is 0.492 e. The molecule has 0 radical (unpaired) electrons. The molecule has 138 valence electrons. The van der Waals surface area contributed by atoms with E-state index >= 15 is 0 Å². The normalized spacial score (nSPS) is 12.5. The summed E-state index contributed by atoms with van der Waals surface area (Å²) in [5.74, 6) is -0.336. The van der Waals surface area contributed by atoms with Crippen LogP contribution in [0.2, 0.25) is 0 Å². The Labute approximate surface area is 149 Å². The van der Waals surface area contributed by atoms with Crippen LogP contribution in [0.4, 0.5) is 0 Å². The van der Waals surface area contributed by atoms with E-state index in [0.29, 0.717) is 25.3 Å². The molecule has 0 aromatic heterocycles. The van der Waals surface area contributed by atoms with E-state index < -0.39 is 22.0 Å². The smallest absolute Gasteiger partial charge is 0.320 e. The van der Waals surface area contributed by atoms with Crippen molar-refractivity contribution in [1.29, 1.82) is 0 Å². The summed E-state index contributed by atoms with van der Waals surface area (Å²) >= 11 is 0. The van der Waals surface area contributed by atoms with Gasteiger partial charge in [0.05, 0.1) is 4.90 Å². The first-order valence-corrected chi connectivity index (χ1v) is 8.84. The van der Waals surface area contributed by atoms with E-state index in [1.807, 2.05) is 6.92 Å². The topological polar surface area (TPSA) is 95.9 Å². The minimum atomic E-state index is -3.45. The summed E-state index contributed by atoms with van der Waals surface area (Å²) in [6.45, 7) is 2.62. The van der Waals surface area contributed by atoms with Crippen LogP contribution >= 0.6 is 12.4 Å². The lowest BCUT2D eigenvalue weighted by molar-refractivity contribution is -0.139. The zero-order valence-corrected chi connectivity index (χ0v) is 15.7. The van der Waals surface area contributed by atoms with Gasteiger partial charge in [-0.05, 0) is 30.7 Å². The van der Waals surface area contributed by atoms with Crippen LogP contribution in [0.15, 0.2) is 29.2 Å². The first-order valence-electron chi connectivity index (χ1n) is 7.40. The van der Waals surface area contributed by atoms with Crippen LogP contribution in [0.25, 0.3) is 0 Å². The maximum Gasteiger partial charge on any atom is 0.320 e. The Kier molecular flexibility index (Phi) is 9.91. The molecule has 0 fully saturated rings. The van der Waals surface area contributed by atoms with Crippen molar-refractivity contribution in [3.8, 4) is 5.75 Å². The molecule has 1 aromatic carbocycles. The third-order valence-corrected chi connectivity index (χ3v) is 5.07. The van der Waals surface area contributed by atoms with Crippen molar-refractivity contribution in [3.63, 3.8) is 0 Å². The summed E-state index contributed by atoms with van der Waals surface area (Å²) in [6.07, 6.45) is 1.35. The van der Waals surface area contributed by atoms with Gasteiger partial charge in [0.2, 0.25) is 10.0 Å². The van der Waals surface area contributed by atoms with Gasteiger partial charge in [-0.2, -0.15) is 0 Å². The van der Waals surface area contributed by atoms with Gasteiger partial charge in [0, 0.05) is 20.6 Å². The maximum absolute atomic E-state index is 11.9. The first kappa shape index (κ1) is 22.6. The van der Waals surface area contributed by atoms with E-state index in [0.717, 1.165) is 10.7 Å². The molecule has 1 rings (SSSR count). The fourth-order valence-electron chi connectivity index (χ4n) is 1.92. The van der Waals surface area contributed by atoms with Gasteiger partial charge in [-0.3, -0.25) is 4.79 Å². The molecule has 1 atom stereocenters. The average molecular weight is 381 g/mol. The molecular weight excluding hydrogens is 356 g/mol. The number of sulfonamides is 1. The predicted molar refractivity (Wildman–Crippen MR) is 94.4 cm³/mol. The number of benzene rings is 1. The standard InChI is InChI=1S/C15H24N2O5S.ClH/c1-4-5-14(15(18)19)16-10-11-22-12-6-8-13(9-7-12)23(20,21)17(2)3;/h6-9,14,16H,4-5,10-11H2,1-3H3,(H,18,19);1H. The third kappa shape index (κ3) is 6.64. The van der Waals surface area contributed by atoms with Crippen molar-refractivity contribution in [3.05, 3.63) is 24.3 Å². The minimum absolute atomic E-state index is 0. The Morgan fingerprint density at radius 3 is 2.33 bits per heavy atom. The van der Waals surface area contributed by atoms with Gasteiger partial charge >= 0.3 is 5.97 Å². The van der Waals surface area contributed by atoms with E-state index in [9.17, 15) is 13.2 Å². The highest BCUT2D eigenvalue weighted by Gasteiger charge is 2.17. The second-order valence-electron chi connectivity index (χ2n) is 5.24. The van der Waals surface area contributed by atoms with E-state index in [4.69, 9.17) is 9.84 Å². The summed E-state index contributed by atoms with van der Waals surface area (Å²) in [5, 5.41) is 11.9. The Morgan fingerprint density at radius 1 is 1.29 bits per heavy atom. The molecule has 0 heterocycles. The Hall–Kier alpha value is -1.35. The summed E-state index contributed by atoms with van der Waals surface area (Å²) in [4.78, 5) is 11.2. The Balaban J connectivity index is 0.00000529. The highest BCUT2D eigenvalue weighted by Crippen LogP contribution is 2.17. The number of halogens is 1. The highest BCUT2D eigenvalue weighted by atomic mass is 35.5. The van der Waals surface area contributed by atoms with Crippen LogP contribution in [0, 0.1) is 0 Å². The summed E-state index contributed by atoms with van der Waals surface area (Å²) in [7, 11) is -0.500. The number of ether oxygens (including phenoxy) is 1. The lowest BCUT2D eigenvalue weighted by Crippen LogP contribution is -2.38. The molecule has 2 N–H and O–H groups in total. The lowest BCUT2D eigenvalue weighted by atomic mass is 10.2. The van der Waals surface area contributed by atoms with Crippen molar-refractivity contribution in [2.75, 3.05) is 27.2 Å². The van der Waals surface area contributed by atoms with Crippen LogP contribution in [0.3, 0.4) is 0 Å². The summed E-state index contributed by atoms with van der Waals surface area (Å²) in [6, 6.07) is 5.55. The van der Waals surface area contributed by atoms with Gasteiger partial charge in [0.15, 0.2) is 0 Å². The molecule has 0 spiro atoms. The summed E-state index contributed by atoms with van der Waals surface area (Å²) in [5.41, 5.74) is 0. The monoisotopic (exact) mass is 380 g/mol. The van der Waals surface area contributed by atoms with Crippen molar-refractivity contribution >= 4 is 28.4 Å².